The third-order valence-electron chi connectivity index (χ3n) is 2.72. The molecule has 98 valence electrons. The smallest absolute Gasteiger partial charge is 0.188 e. The Hall–Kier alpha value is 0.190. The first-order chi connectivity index (χ1) is 7.69. The first-order valence-electron chi connectivity index (χ1n) is 5.47. The summed E-state index contributed by atoms with van der Waals surface area (Å²) in [5.74, 6) is 0. The average Bonchev–Trinajstić information content (AvgIpc) is 2.58. The molecule has 1 aliphatic heterocycles. The van der Waals surface area contributed by atoms with Gasteiger partial charge in [0, 0.05) is 37.1 Å². The molecule has 1 N–H and O–H groups in total. The van der Waals surface area contributed by atoms with E-state index in [0.717, 1.165) is 35.7 Å². The van der Waals surface area contributed by atoms with Gasteiger partial charge in [-0.3, -0.25) is 4.90 Å². The Bertz CT molecular complexity index is 361. The van der Waals surface area contributed by atoms with Crippen LogP contribution in [0.15, 0.2) is 10.5 Å². The van der Waals surface area contributed by atoms with Gasteiger partial charge in [-0.15, -0.1) is 23.7 Å². The van der Waals surface area contributed by atoms with Crippen LogP contribution in [0.3, 0.4) is 0 Å². The summed E-state index contributed by atoms with van der Waals surface area (Å²) in [7, 11) is 1.72. The van der Waals surface area contributed by atoms with Crippen LogP contribution in [-0.2, 0) is 6.54 Å². The van der Waals surface area contributed by atoms with Crippen molar-refractivity contribution >= 4 is 39.7 Å². The van der Waals surface area contributed by atoms with Gasteiger partial charge in [0.1, 0.15) is 0 Å². The Balaban J connectivity index is 0.00000144. The van der Waals surface area contributed by atoms with Crippen molar-refractivity contribution < 1.29 is 4.74 Å². The van der Waals surface area contributed by atoms with Crippen molar-refractivity contribution in [1.29, 1.82) is 0 Å². The molecule has 3 nitrogen and oxygen atoms in total. The molecule has 2 rings (SSSR count). The fourth-order valence-electron chi connectivity index (χ4n) is 1.99. The molecular formula is C11H18BrClN2OS. The second-order valence-electron chi connectivity index (χ2n) is 4.14. The lowest BCUT2D eigenvalue weighted by Crippen LogP contribution is -2.48. The normalized spacial score (nSPS) is 21.0. The van der Waals surface area contributed by atoms with Crippen LogP contribution in [0.1, 0.15) is 11.8 Å². The molecule has 0 saturated carbocycles. The number of methoxy groups -OCH3 is 1. The molecule has 0 spiro atoms. The van der Waals surface area contributed by atoms with E-state index < -0.39 is 0 Å². The molecule has 6 heteroatoms. The summed E-state index contributed by atoms with van der Waals surface area (Å²) in [6, 6.07) is 2.76. The Morgan fingerprint density at radius 2 is 2.41 bits per heavy atom. The van der Waals surface area contributed by atoms with Crippen molar-refractivity contribution in [3.8, 4) is 5.06 Å². The Morgan fingerprint density at radius 3 is 3.00 bits per heavy atom. The van der Waals surface area contributed by atoms with Gasteiger partial charge in [-0.1, -0.05) is 0 Å². The lowest BCUT2D eigenvalue weighted by atomic mass is 10.2. The van der Waals surface area contributed by atoms with Crippen molar-refractivity contribution in [2.45, 2.75) is 19.5 Å². The SMILES string of the molecule is COc1sc(CN2CCN[C@H](C)C2)cc1Br.Cl. The Morgan fingerprint density at radius 1 is 1.65 bits per heavy atom. The number of hydrogen-bond acceptors (Lipinski definition) is 4. The highest BCUT2D eigenvalue weighted by Crippen LogP contribution is 2.35. The topological polar surface area (TPSA) is 24.5 Å². The monoisotopic (exact) mass is 340 g/mol. The summed E-state index contributed by atoms with van der Waals surface area (Å²) in [5, 5.41) is 4.42. The van der Waals surface area contributed by atoms with Crippen molar-refractivity contribution in [1.82, 2.24) is 10.2 Å². The van der Waals surface area contributed by atoms with Gasteiger partial charge in [-0.2, -0.15) is 0 Å². The highest BCUT2D eigenvalue weighted by Gasteiger charge is 2.17. The van der Waals surface area contributed by atoms with Gasteiger partial charge in [0.25, 0.3) is 0 Å². The number of nitrogens with one attached hydrogen (secondary N) is 1. The van der Waals surface area contributed by atoms with Crippen molar-refractivity contribution in [2.75, 3.05) is 26.7 Å². The molecule has 1 atom stereocenters. The predicted octanol–water partition coefficient (Wildman–Crippen LogP) is 2.73. The molecular weight excluding hydrogens is 324 g/mol. The van der Waals surface area contributed by atoms with Crippen LogP contribution in [0, 0.1) is 0 Å². The highest BCUT2D eigenvalue weighted by molar-refractivity contribution is 9.10. The van der Waals surface area contributed by atoms with Crippen LogP contribution in [0.5, 0.6) is 5.06 Å². The van der Waals surface area contributed by atoms with Gasteiger partial charge in [0.05, 0.1) is 11.6 Å². The summed E-state index contributed by atoms with van der Waals surface area (Å²) in [5.41, 5.74) is 0. The van der Waals surface area contributed by atoms with E-state index in [1.54, 1.807) is 18.4 Å². The lowest BCUT2D eigenvalue weighted by Gasteiger charge is -2.31. The molecule has 1 aromatic heterocycles. The minimum atomic E-state index is 0. The first-order valence-corrected chi connectivity index (χ1v) is 7.08. The van der Waals surface area contributed by atoms with E-state index in [-0.39, 0.29) is 12.4 Å². The van der Waals surface area contributed by atoms with Gasteiger partial charge >= 0.3 is 0 Å². The Kier molecular flexibility index (Phi) is 6.23. The molecule has 0 bridgehead atoms. The minimum Gasteiger partial charge on any atom is -0.486 e. The van der Waals surface area contributed by atoms with Gasteiger partial charge in [0.2, 0.25) is 0 Å². The van der Waals surface area contributed by atoms with Crippen LogP contribution in [0.25, 0.3) is 0 Å². The summed E-state index contributed by atoms with van der Waals surface area (Å²) >= 11 is 5.23. The number of nitrogens with zero attached hydrogens (tertiary/aromatic N) is 1. The number of halogens is 2. The fraction of sp³-hybridized carbons (Fsp3) is 0.636. The maximum absolute atomic E-state index is 5.28. The maximum Gasteiger partial charge on any atom is 0.188 e. The summed E-state index contributed by atoms with van der Waals surface area (Å²) < 4.78 is 6.34. The molecule has 0 radical (unpaired) electrons. The molecule has 1 saturated heterocycles. The number of rotatable bonds is 3. The van der Waals surface area contributed by atoms with E-state index in [0.29, 0.717) is 6.04 Å². The Labute approximate surface area is 121 Å². The fourth-order valence-corrected chi connectivity index (χ4v) is 3.73. The van der Waals surface area contributed by atoms with Crippen molar-refractivity contribution in [3.05, 3.63) is 15.4 Å². The van der Waals surface area contributed by atoms with E-state index in [4.69, 9.17) is 4.74 Å². The van der Waals surface area contributed by atoms with Crippen LogP contribution < -0.4 is 10.1 Å². The molecule has 1 aromatic rings. The first kappa shape index (κ1) is 15.2. The van der Waals surface area contributed by atoms with E-state index in [2.05, 4.69) is 39.1 Å². The number of ether oxygens (including phenoxy) is 1. The van der Waals surface area contributed by atoms with Gasteiger partial charge in [-0.05, 0) is 28.9 Å². The zero-order valence-electron chi connectivity index (χ0n) is 10.0. The molecule has 0 aliphatic carbocycles. The second kappa shape index (κ2) is 6.95. The maximum atomic E-state index is 5.28. The summed E-state index contributed by atoms with van der Waals surface area (Å²) in [6.45, 7) is 6.60. The van der Waals surface area contributed by atoms with Gasteiger partial charge in [0.15, 0.2) is 5.06 Å². The van der Waals surface area contributed by atoms with Gasteiger partial charge in [-0.25, -0.2) is 0 Å². The van der Waals surface area contributed by atoms with E-state index in [9.17, 15) is 0 Å². The quantitative estimate of drug-likeness (QED) is 0.915. The standard InChI is InChI=1S/C11H17BrN2OS.ClH/c1-8-6-14(4-3-13-8)7-9-5-10(12)11(15-2)16-9;/h5,8,13H,3-4,6-7H2,1-2H3;1H/t8-;/m1./s1. The molecule has 2 heterocycles. The number of hydrogen-bond donors (Lipinski definition) is 1. The molecule has 1 fully saturated rings. The molecule has 17 heavy (non-hydrogen) atoms. The predicted molar refractivity (Wildman–Crippen MR) is 78.6 cm³/mol. The van der Waals surface area contributed by atoms with E-state index in [1.165, 1.54) is 4.88 Å². The number of thiophene rings is 1. The summed E-state index contributed by atoms with van der Waals surface area (Å²) in [6.07, 6.45) is 0. The molecule has 0 unspecified atom stereocenters. The second-order valence-corrected chi connectivity index (χ2v) is 6.10. The summed E-state index contributed by atoms with van der Waals surface area (Å²) in [4.78, 5) is 3.84. The van der Waals surface area contributed by atoms with E-state index in [1.807, 2.05) is 0 Å². The largest absolute Gasteiger partial charge is 0.486 e. The number of piperazine rings is 1. The third kappa shape index (κ3) is 4.10. The minimum absolute atomic E-state index is 0. The zero-order valence-corrected chi connectivity index (χ0v) is 13.3. The van der Waals surface area contributed by atoms with E-state index >= 15 is 0 Å². The van der Waals surface area contributed by atoms with Crippen LogP contribution in [0.2, 0.25) is 0 Å². The molecule has 0 amide bonds. The van der Waals surface area contributed by atoms with Gasteiger partial charge < -0.3 is 10.1 Å². The van der Waals surface area contributed by atoms with Crippen molar-refractivity contribution in [2.24, 2.45) is 0 Å². The molecule has 1 aliphatic rings. The van der Waals surface area contributed by atoms with Crippen LogP contribution >= 0.6 is 39.7 Å². The van der Waals surface area contributed by atoms with Crippen LogP contribution in [0.4, 0.5) is 0 Å². The zero-order chi connectivity index (χ0) is 11.5. The van der Waals surface area contributed by atoms with Crippen LogP contribution in [-0.4, -0.2) is 37.7 Å². The highest BCUT2D eigenvalue weighted by atomic mass is 79.9. The van der Waals surface area contributed by atoms with Crippen molar-refractivity contribution in [3.63, 3.8) is 0 Å². The molecule has 0 aromatic carbocycles. The lowest BCUT2D eigenvalue weighted by molar-refractivity contribution is 0.201. The average molecular weight is 342 g/mol. The third-order valence-corrected chi connectivity index (χ3v) is 4.66.